The highest BCUT2D eigenvalue weighted by atomic mass is 16.3. The first kappa shape index (κ1) is 18.9. The molecule has 0 rings (SSSR count). The van der Waals surface area contributed by atoms with Gasteiger partial charge in [0.2, 0.25) is 11.8 Å². The standard InChI is InChI=1S/C15H30N2O3/c1-15(2,3)14(20)16-10-8-9-13(19)17(4)11-6-5-7-12-18/h18H,5-12H2,1-4H3,(H,16,20). The van der Waals surface area contributed by atoms with Gasteiger partial charge in [-0.15, -0.1) is 0 Å². The smallest absolute Gasteiger partial charge is 0.225 e. The Labute approximate surface area is 122 Å². The van der Waals surface area contributed by atoms with Crippen molar-refractivity contribution in [3.8, 4) is 0 Å². The van der Waals surface area contributed by atoms with E-state index in [1.165, 1.54) is 0 Å². The molecule has 20 heavy (non-hydrogen) atoms. The minimum absolute atomic E-state index is 0.0160. The molecule has 5 nitrogen and oxygen atoms in total. The molecule has 0 heterocycles. The van der Waals surface area contributed by atoms with Gasteiger partial charge >= 0.3 is 0 Å². The van der Waals surface area contributed by atoms with Crippen LogP contribution in [0.3, 0.4) is 0 Å². The van der Waals surface area contributed by atoms with Gasteiger partial charge in [0.15, 0.2) is 0 Å². The van der Waals surface area contributed by atoms with Crippen molar-refractivity contribution in [2.75, 3.05) is 26.7 Å². The van der Waals surface area contributed by atoms with Gasteiger partial charge in [-0.3, -0.25) is 9.59 Å². The van der Waals surface area contributed by atoms with Gasteiger partial charge in [0.05, 0.1) is 0 Å². The largest absolute Gasteiger partial charge is 0.396 e. The van der Waals surface area contributed by atoms with Gasteiger partial charge in [-0.25, -0.2) is 0 Å². The van der Waals surface area contributed by atoms with E-state index in [-0.39, 0.29) is 23.8 Å². The molecule has 2 amide bonds. The van der Waals surface area contributed by atoms with Crippen molar-refractivity contribution in [2.45, 2.75) is 52.9 Å². The summed E-state index contributed by atoms with van der Waals surface area (Å²) in [5, 5.41) is 11.5. The lowest BCUT2D eigenvalue weighted by molar-refractivity contribution is -0.131. The summed E-state index contributed by atoms with van der Waals surface area (Å²) >= 11 is 0. The molecule has 0 aromatic carbocycles. The van der Waals surface area contributed by atoms with Crippen LogP contribution in [0.2, 0.25) is 0 Å². The maximum atomic E-state index is 11.8. The molecule has 0 aliphatic heterocycles. The van der Waals surface area contributed by atoms with Crippen LogP contribution in [0, 0.1) is 5.41 Å². The van der Waals surface area contributed by atoms with Crippen molar-refractivity contribution in [2.24, 2.45) is 5.41 Å². The summed E-state index contributed by atoms with van der Waals surface area (Å²) in [6, 6.07) is 0. The molecule has 0 aromatic rings. The van der Waals surface area contributed by atoms with Crippen molar-refractivity contribution >= 4 is 11.8 Å². The Balaban J connectivity index is 3.69. The third-order valence-corrected chi connectivity index (χ3v) is 3.11. The van der Waals surface area contributed by atoms with Crippen LogP contribution < -0.4 is 5.32 Å². The Morgan fingerprint density at radius 3 is 2.30 bits per heavy atom. The van der Waals surface area contributed by atoms with Crippen LogP contribution in [0.5, 0.6) is 0 Å². The highest BCUT2D eigenvalue weighted by Gasteiger charge is 2.20. The van der Waals surface area contributed by atoms with Crippen LogP contribution in [0.4, 0.5) is 0 Å². The van der Waals surface area contributed by atoms with Crippen molar-refractivity contribution in [1.82, 2.24) is 10.2 Å². The number of carbonyl (C=O) groups is 2. The third-order valence-electron chi connectivity index (χ3n) is 3.11. The maximum absolute atomic E-state index is 11.8. The fourth-order valence-corrected chi connectivity index (χ4v) is 1.66. The van der Waals surface area contributed by atoms with Crippen LogP contribution in [0.15, 0.2) is 0 Å². The summed E-state index contributed by atoms with van der Waals surface area (Å²) in [6.07, 6.45) is 3.78. The Morgan fingerprint density at radius 2 is 1.75 bits per heavy atom. The van der Waals surface area contributed by atoms with E-state index in [1.807, 2.05) is 20.8 Å². The van der Waals surface area contributed by atoms with Gasteiger partial charge in [0, 0.05) is 38.6 Å². The fraction of sp³-hybridized carbons (Fsp3) is 0.867. The molecule has 0 aliphatic rings. The Morgan fingerprint density at radius 1 is 1.10 bits per heavy atom. The number of amides is 2. The summed E-state index contributed by atoms with van der Waals surface area (Å²) in [5.41, 5.74) is -0.381. The summed E-state index contributed by atoms with van der Waals surface area (Å²) in [4.78, 5) is 25.2. The molecule has 2 N–H and O–H groups in total. The molecular formula is C15H30N2O3. The zero-order valence-electron chi connectivity index (χ0n) is 13.4. The number of nitrogens with one attached hydrogen (secondary N) is 1. The lowest BCUT2D eigenvalue weighted by Gasteiger charge is -2.19. The number of nitrogens with zero attached hydrogens (tertiary/aromatic N) is 1. The van der Waals surface area contributed by atoms with Crippen LogP contribution in [-0.2, 0) is 9.59 Å². The SMILES string of the molecule is CN(CCCCCO)C(=O)CCCNC(=O)C(C)(C)C. The molecule has 118 valence electrons. The minimum atomic E-state index is -0.381. The summed E-state index contributed by atoms with van der Waals surface area (Å²) in [6.45, 7) is 7.09. The van der Waals surface area contributed by atoms with Gasteiger partial charge in [0.1, 0.15) is 0 Å². The molecule has 0 radical (unpaired) electrons. The molecule has 0 unspecified atom stereocenters. The number of aliphatic hydroxyl groups is 1. The summed E-state index contributed by atoms with van der Waals surface area (Å²) in [5.74, 6) is 0.126. The van der Waals surface area contributed by atoms with Gasteiger partial charge in [-0.1, -0.05) is 20.8 Å². The van der Waals surface area contributed by atoms with Crippen molar-refractivity contribution < 1.29 is 14.7 Å². The van der Waals surface area contributed by atoms with Crippen LogP contribution >= 0.6 is 0 Å². The van der Waals surface area contributed by atoms with Gasteiger partial charge < -0.3 is 15.3 Å². The molecular weight excluding hydrogens is 256 g/mol. The number of rotatable bonds is 9. The number of hydrogen-bond donors (Lipinski definition) is 2. The predicted molar refractivity (Wildman–Crippen MR) is 80.3 cm³/mol. The first-order chi connectivity index (χ1) is 9.29. The second-order valence-electron chi connectivity index (χ2n) is 6.21. The minimum Gasteiger partial charge on any atom is -0.396 e. The molecule has 0 bridgehead atoms. The third kappa shape index (κ3) is 8.91. The number of carbonyl (C=O) groups excluding carboxylic acids is 2. The van der Waals surface area contributed by atoms with Crippen molar-refractivity contribution in [3.05, 3.63) is 0 Å². The van der Waals surface area contributed by atoms with Crippen LogP contribution in [-0.4, -0.2) is 48.6 Å². The lowest BCUT2D eigenvalue weighted by atomic mass is 9.96. The van der Waals surface area contributed by atoms with Gasteiger partial charge in [-0.2, -0.15) is 0 Å². The Kier molecular flexibility index (Phi) is 9.21. The molecule has 0 spiro atoms. The average molecular weight is 286 g/mol. The maximum Gasteiger partial charge on any atom is 0.225 e. The lowest BCUT2D eigenvalue weighted by Crippen LogP contribution is -2.36. The molecule has 0 atom stereocenters. The number of unbranched alkanes of at least 4 members (excludes halogenated alkanes) is 2. The normalized spacial score (nSPS) is 11.2. The zero-order valence-corrected chi connectivity index (χ0v) is 13.4. The average Bonchev–Trinajstić information content (AvgIpc) is 2.37. The van der Waals surface area contributed by atoms with Crippen LogP contribution in [0.1, 0.15) is 52.9 Å². The molecule has 0 aromatic heterocycles. The summed E-state index contributed by atoms with van der Waals surface area (Å²) in [7, 11) is 1.80. The Bertz CT molecular complexity index is 298. The van der Waals surface area contributed by atoms with E-state index in [0.29, 0.717) is 19.4 Å². The fourth-order valence-electron chi connectivity index (χ4n) is 1.66. The van der Waals surface area contributed by atoms with E-state index in [4.69, 9.17) is 5.11 Å². The van der Waals surface area contributed by atoms with Crippen LogP contribution in [0.25, 0.3) is 0 Å². The van der Waals surface area contributed by atoms with Crippen molar-refractivity contribution in [3.63, 3.8) is 0 Å². The van der Waals surface area contributed by atoms with E-state index in [2.05, 4.69) is 5.32 Å². The number of hydrogen-bond acceptors (Lipinski definition) is 3. The monoisotopic (exact) mass is 286 g/mol. The first-order valence-electron chi connectivity index (χ1n) is 7.42. The molecule has 5 heteroatoms. The van der Waals surface area contributed by atoms with E-state index in [1.54, 1.807) is 11.9 Å². The van der Waals surface area contributed by atoms with Gasteiger partial charge in [-0.05, 0) is 25.7 Å². The second-order valence-corrected chi connectivity index (χ2v) is 6.21. The first-order valence-corrected chi connectivity index (χ1v) is 7.42. The highest BCUT2D eigenvalue weighted by Crippen LogP contribution is 2.12. The van der Waals surface area contributed by atoms with Gasteiger partial charge in [0.25, 0.3) is 0 Å². The number of aliphatic hydroxyl groups excluding tert-OH is 1. The molecule has 0 saturated heterocycles. The molecule has 0 fully saturated rings. The second kappa shape index (κ2) is 9.75. The predicted octanol–water partition coefficient (Wildman–Crippen LogP) is 1.55. The highest BCUT2D eigenvalue weighted by molar-refractivity contribution is 5.81. The molecule has 0 aliphatic carbocycles. The quantitative estimate of drug-likeness (QED) is 0.632. The van der Waals surface area contributed by atoms with E-state index >= 15 is 0 Å². The Hall–Kier alpha value is -1.10. The van der Waals surface area contributed by atoms with Crippen molar-refractivity contribution in [1.29, 1.82) is 0 Å². The van der Waals surface area contributed by atoms with E-state index in [9.17, 15) is 9.59 Å². The zero-order chi connectivity index (χ0) is 15.6. The van der Waals surface area contributed by atoms with E-state index in [0.717, 1.165) is 25.8 Å². The van der Waals surface area contributed by atoms with E-state index < -0.39 is 0 Å². The molecule has 0 saturated carbocycles. The summed E-state index contributed by atoms with van der Waals surface area (Å²) < 4.78 is 0. The topological polar surface area (TPSA) is 69.6 Å².